The molecule has 1 aromatic heterocycles. The molecule has 0 saturated carbocycles. The van der Waals surface area contributed by atoms with Gasteiger partial charge in [0.15, 0.2) is 0 Å². The maximum absolute atomic E-state index is 13.9. The normalized spacial score (nSPS) is 21.9. The number of H-pyrrole nitrogens is 1. The lowest BCUT2D eigenvalue weighted by Gasteiger charge is -2.45. The smallest absolute Gasteiger partial charge is 0.128 e. The first-order valence-corrected chi connectivity index (χ1v) is 15.0. The summed E-state index contributed by atoms with van der Waals surface area (Å²) in [5, 5.41) is 4.78. The molecule has 2 fully saturated rings. The van der Waals surface area contributed by atoms with E-state index in [-0.39, 0.29) is 0 Å². The summed E-state index contributed by atoms with van der Waals surface area (Å²) in [5.74, 6) is -0.960. The second-order valence-corrected chi connectivity index (χ2v) is 12.9. The monoisotopic (exact) mass is 554 g/mol. The molecule has 40 heavy (non-hydrogen) atoms. The molecule has 4 heterocycles. The van der Waals surface area contributed by atoms with Crippen molar-refractivity contribution in [1.29, 1.82) is 0 Å². The Morgan fingerprint density at radius 1 is 0.975 bits per heavy atom. The van der Waals surface area contributed by atoms with E-state index in [1.807, 2.05) is 0 Å². The molecule has 2 saturated heterocycles. The van der Waals surface area contributed by atoms with Gasteiger partial charge in [0.2, 0.25) is 0 Å². The number of fused-ring (bicyclic) bond motifs is 3. The van der Waals surface area contributed by atoms with Gasteiger partial charge in [0.1, 0.15) is 17.3 Å². The van der Waals surface area contributed by atoms with Gasteiger partial charge in [-0.15, -0.1) is 0 Å². The summed E-state index contributed by atoms with van der Waals surface area (Å²) >= 11 is 0. The Morgan fingerprint density at radius 2 is 1.65 bits per heavy atom. The van der Waals surface area contributed by atoms with Crippen molar-refractivity contribution < 1.29 is 13.2 Å². The van der Waals surface area contributed by atoms with E-state index in [9.17, 15) is 13.2 Å². The number of alkyl halides is 1. The van der Waals surface area contributed by atoms with Crippen LogP contribution in [0.1, 0.15) is 70.6 Å². The predicted molar refractivity (Wildman–Crippen MR) is 159 cm³/mol. The molecule has 3 aliphatic rings. The second-order valence-electron chi connectivity index (χ2n) is 12.9. The number of para-hydroxylation sites is 1. The average Bonchev–Trinajstić information content (AvgIpc) is 3.23. The third-order valence-corrected chi connectivity index (χ3v) is 8.96. The van der Waals surface area contributed by atoms with Crippen LogP contribution >= 0.6 is 0 Å². The lowest BCUT2D eigenvalue weighted by atomic mass is 9.72. The quantitative estimate of drug-likeness (QED) is 0.355. The van der Waals surface area contributed by atoms with Crippen LogP contribution in [0.4, 0.5) is 18.9 Å². The molecule has 4 nitrogen and oxygen atoms in total. The maximum Gasteiger partial charge on any atom is 0.128 e. The summed E-state index contributed by atoms with van der Waals surface area (Å²) in [5.41, 5.74) is 3.76. The molecular formula is C33H45F3N4. The molecule has 3 aromatic rings. The molecule has 2 aromatic carbocycles. The van der Waals surface area contributed by atoms with Gasteiger partial charge in [0, 0.05) is 60.6 Å². The molecule has 0 aliphatic carbocycles. The van der Waals surface area contributed by atoms with E-state index < -0.39 is 17.3 Å². The lowest BCUT2D eigenvalue weighted by Crippen LogP contribution is -2.45. The van der Waals surface area contributed by atoms with Gasteiger partial charge in [-0.3, -0.25) is 4.90 Å². The van der Waals surface area contributed by atoms with Crippen LogP contribution in [0.5, 0.6) is 0 Å². The van der Waals surface area contributed by atoms with E-state index in [4.69, 9.17) is 0 Å². The summed E-state index contributed by atoms with van der Waals surface area (Å²) in [6.45, 7) is 10.8. The lowest BCUT2D eigenvalue weighted by molar-refractivity contribution is 0.0853. The number of halogens is 3. The second kappa shape index (κ2) is 12.2. The molecule has 7 heteroatoms. The number of benzene rings is 2. The molecule has 1 atom stereocenters. The topological polar surface area (TPSA) is 34.3 Å². The fraction of sp³-hybridized carbons (Fsp3) is 0.576. The fourth-order valence-electron chi connectivity index (χ4n) is 7.09. The standard InChI is InChI=1S/C17H24F2N2.C16H21FN2/c18-14-10-15(19)12-16(11-14)21-9-3-6-17(13-21)4-1-7-20-8-2-5-17;1-11-8-13-12-6-4-5-7-14(12)18-15(13)9-19(11)10-16(2,3)17/h10-12,20H,1-9,13H2;4-7,11,18H,8-10H2,1-3H3. The summed E-state index contributed by atoms with van der Waals surface area (Å²) in [6, 6.07) is 12.7. The van der Waals surface area contributed by atoms with Crippen LogP contribution in [0.25, 0.3) is 10.9 Å². The highest BCUT2D eigenvalue weighted by molar-refractivity contribution is 5.84. The predicted octanol–water partition coefficient (Wildman–Crippen LogP) is 7.38. The molecule has 1 spiro atoms. The van der Waals surface area contributed by atoms with E-state index in [2.05, 4.69) is 51.3 Å². The highest BCUT2D eigenvalue weighted by atomic mass is 19.1. The molecule has 0 bridgehead atoms. The first-order valence-electron chi connectivity index (χ1n) is 15.0. The van der Waals surface area contributed by atoms with Gasteiger partial charge in [0.25, 0.3) is 0 Å². The van der Waals surface area contributed by atoms with Crippen molar-refractivity contribution in [2.24, 2.45) is 5.41 Å². The minimum absolute atomic E-state index is 0.336. The average molecular weight is 555 g/mol. The van der Waals surface area contributed by atoms with Gasteiger partial charge >= 0.3 is 0 Å². The number of nitrogens with zero attached hydrogens (tertiary/aromatic N) is 2. The number of piperidine rings is 1. The van der Waals surface area contributed by atoms with E-state index in [1.165, 1.54) is 66.4 Å². The third kappa shape index (κ3) is 7.03. The van der Waals surface area contributed by atoms with Crippen molar-refractivity contribution in [3.8, 4) is 0 Å². The minimum Gasteiger partial charge on any atom is -0.371 e. The van der Waals surface area contributed by atoms with Crippen molar-refractivity contribution in [2.45, 2.75) is 84.0 Å². The number of hydrogen-bond acceptors (Lipinski definition) is 3. The van der Waals surface area contributed by atoms with Crippen LogP contribution in [0, 0.1) is 17.0 Å². The van der Waals surface area contributed by atoms with Crippen LogP contribution in [-0.2, 0) is 13.0 Å². The number of hydrogen-bond donors (Lipinski definition) is 2. The largest absolute Gasteiger partial charge is 0.371 e. The van der Waals surface area contributed by atoms with Crippen molar-refractivity contribution >= 4 is 16.6 Å². The SMILES string of the molecule is CC1Cc2c([nH]c3ccccc23)CN1CC(C)(C)F.Fc1cc(F)cc(N2CCCC3(CCCNCCC3)C2)c1. The van der Waals surface area contributed by atoms with Crippen molar-refractivity contribution in [3.05, 3.63) is 65.4 Å². The Bertz CT molecular complexity index is 1250. The Hall–Kier alpha value is -2.51. The van der Waals surface area contributed by atoms with Gasteiger partial charge in [-0.25, -0.2) is 13.2 Å². The minimum atomic E-state index is -1.14. The molecule has 6 rings (SSSR count). The zero-order chi connectivity index (χ0) is 28.3. The molecule has 2 N–H and O–H groups in total. The van der Waals surface area contributed by atoms with E-state index in [0.717, 1.165) is 51.6 Å². The molecule has 1 unspecified atom stereocenters. The van der Waals surface area contributed by atoms with Gasteiger partial charge < -0.3 is 15.2 Å². The Kier molecular flexibility index (Phi) is 8.81. The van der Waals surface area contributed by atoms with Crippen LogP contribution in [0.3, 0.4) is 0 Å². The van der Waals surface area contributed by atoms with Gasteiger partial charge in [-0.2, -0.15) is 0 Å². The summed E-state index contributed by atoms with van der Waals surface area (Å²) in [7, 11) is 0. The van der Waals surface area contributed by atoms with E-state index >= 15 is 0 Å². The highest BCUT2D eigenvalue weighted by Gasteiger charge is 2.35. The van der Waals surface area contributed by atoms with Crippen LogP contribution < -0.4 is 10.2 Å². The van der Waals surface area contributed by atoms with Crippen LogP contribution in [0.2, 0.25) is 0 Å². The van der Waals surface area contributed by atoms with Gasteiger partial charge in [-0.1, -0.05) is 18.2 Å². The molecular weight excluding hydrogens is 509 g/mol. The van der Waals surface area contributed by atoms with Crippen molar-refractivity contribution in [2.75, 3.05) is 37.6 Å². The van der Waals surface area contributed by atoms with Gasteiger partial charge in [0.05, 0.1) is 0 Å². The Labute approximate surface area is 237 Å². The van der Waals surface area contributed by atoms with Crippen LogP contribution in [0.15, 0.2) is 42.5 Å². The van der Waals surface area contributed by atoms with Crippen LogP contribution in [-0.4, -0.2) is 54.3 Å². The summed E-state index contributed by atoms with van der Waals surface area (Å²) in [6.07, 6.45) is 8.20. The number of anilines is 1. The van der Waals surface area contributed by atoms with Crippen molar-refractivity contribution in [1.82, 2.24) is 15.2 Å². The number of aromatic amines is 1. The van der Waals surface area contributed by atoms with Gasteiger partial charge in [-0.05, 0) is 108 Å². The number of aromatic nitrogens is 1. The van der Waals surface area contributed by atoms with E-state index in [1.54, 1.807) is 13.8 Å². The van der Waals surface area contributed by atoms with Crippen molar-refractivity contribution in [3.63, 3.8) is 0 Å². The number of rotatable bonds is 3. The zero-order valence-electron chi connectivity index (χ0n) is 24.3. The molecule has 0 radical (unpaired) electrons. The molecule has 218 valence electrons. The first kappa shape index (κ1) is 29.0. The summed E-state index contributed by atoms with van der Waals surface area (Å²) < 4.78 is 40.8. The highest BCUT2D eigenvalue weighted by Crippen LogP contribution is 2.41. The zero-order valence-corrected chi connectivity index (χ0v) is 24.3. The Morgan fingerprint density at radius 3 is 2.35 bits per heavy atom. The fourth-order valence-corrected chi connectivity index (χ4v) is 7.09. The summed E-state index contributed by atoms with van der Waals surface area (Å²) in [4.78, 5) is 7.91. The Balaban J connectivity index is 0.000000162. The molecule has 3 aliphatic heterocycles. The maximum atomic E-state index is 13.9. The number of nitrogens with one attached hydrogen (secondary N) is 2. The molecule has 0 amide bonds. The van der Waals surface area contributed by atoms with E-state index in [0.29, 0.717) is 23.7 Å². The first-order chi connectivity index (χ1) is 19.1. The third-order valence-electron chi connectivity index (χ3n) is 8.96.